The van der Waals surface area contributed by atoms with Gasteiger partial charge in [0.1, 0.15) is 0 Å². The van der Waals surface area contributed by atoms with Crippen LogP contribution in [-0.4, -0.2) is 85.7 Å². The van der Waals surface area contributed by atoms with Gasteiger partial charge in [-0.05, 0) is 120 Å². The van der Waals surface area contributed by atoms with Crippen LogP contribution < -0.4 is 10.6 Å². The molecule has 1 aromatic carbocycles. The zero-order valence-electron chi connectivity index (χ0n) is 31.9. The van der Waals surface area contributed by atoms with Crippen molar-refractivity contribution in [1.29, 1.82) is 0 Å². The summed E-state index contributed by atoms with van der Waals surface area (Å²) >= 11 is 0. The van der Waals surface area contributed by atoms with E-state index in [1.165, 1.54) is 5.57 Å². The third kappa shape index (κ3) is 6.28. The largest absolute Gasteiger partial charge is 0.478 e. The zero-order valence-corrected chi connectivity index (χ0v) is 32.8. The lowest BCUT2D eigenvalue weighted by molar-refractivity contribution is -0.219. The number of aromatic carboxylic acids is 1. The fraction of sp³-hybridized carbons (Fsp3) is 0.756. The molecule has 12 heteroatoms. The smallest absolute Gasteiger partial charge is 0.471 e. The first-order valence-electron chi connectivity index (χ1n) is 19.8. The number of carboxylic acids is 1. The van der Waals surface area contributed by atoms with Gasteiger partial charge in [0.05, 0.1) is 17.1 Å². The number of benzene rings is 1. The molecule has 4 saturated carbocycles. The highest BCUT2D eigenvalue weighted by atomic mass is 32.2. The number of fused-ring (bicyclic) bond motifs is 7. The standard InChI is InChI=1S/C41H58F3N3O5S/c1-36(2)28(26-6-8-27(9-7-26)34(48)49)12-15-37(3)31(36)14-16-39(5)32(37)11-10-29-33-30(46-35(50)41(42,43)44)13-17-40(33,19-18-38(29,39)4)45-20-21-47-22-24-53(51,52)25-23-47/h6-9,12,29-33,45H,10-11,13-25H2,1-5H3,(H,46,50)(H,48,49). The lowest BCUT2D eigenvalue weighted by Gasteiger charge is -2.72. The highest BCUT2D eigenvalue weighted by Gasteiger charge is 2.70. The molecular formula is C41H58F3N3O5S. The molecule has 8 nitrogen and oxygen atoms in total. The number of rotatable bonds is 7. The van der Waals surface area contributed by atoms with Gasteiger partial charge in [-0.2, -0.15) is 13.2 Å². The summed E-state index contributed by atoms with van der Waals surface area (Å²) in [6.07, 6.45) is 5.36. The van der Waals surface area contributed by atoms with Crippen molar-refractivity contribution >= 4 is 27.3 Å². The number of amides is 1. The molecule has 1 aromatic rings. The monoisotopic (exact) mass is 761 g/mol. The summed E-state index contributed by atoms with van der Waals surface area (Å²) in [5, 5.41) is 15.8. The molecule has 5 fully saturated rings. The van der Waals surface area contributed by atoms with E-state index in [-0.39, 0.29) is 56.1 Å². The Morgan fingerprint density at radius 3 is 2.21 bits per heavy atom. The summed E-state index contributed by atoms with van der Waals surface area (Å²) in [6.45, 7) is 14.4. The van der Waals surface area contributed by atoms with Crippen LogP contribution in [0.4, 0.5) is 13.2 Å². The van der Waals surface area contributed by atoms with Crippen LogP contribution in [0.25, 0.3) is 5.57 Å². The summed E-state index contributed by atoms with van der Waals surface area (Å²) in [7, 11) is -3.00. The van der Waals surface area contributed by atoms with Crippen LogP contribution in [0, 0.1) is 45.3 Å². The minimum absolute atomic E-state index is 0.0171. The van der Waals surface area contributed by atoms with Gasteiger partial charge >= 0.3 is 18.1 Å². The minimum Gasteiger partial charge on any atom is -0.478 e. The van der Waals surface area contributed by atoms with Gasteiger partial charge in [0, 0.05) is 43.7 Å². The van der Waals surface area contributed by atoms with Crippen molar-refractivity contribution in [1.82, 2.24) is 15.5 Å². The number of allylic oxidation sites excluding steroid dienone is 2. The number of hydrogen-bond donors (Lipinski definition) is 3. The molecule has 7 rings (SSSR count). The number of nitrogens with zero attached hydrogens (tertiary/aromatic N) is 1. The van der Waals surface area contributed by atoms with Crippen LogP contribution in [0.3, 0.4) is 0 Å². The Labute approximate surface area is 313 Å². The fourth-order valence-electron chi connectivity index (χ4n) is 13.6. The Bertz CT molecular complexity index is 1750. The van der Waals surface area contributed by atoms with E-state index in [4.69, 9.17) is 0 Å². The van der Waals surface area contributed by atoms with Crippen LogP contribution >= 0.6 is 0 Å². The molecule has 53 heavy (non-hydrogen) atoms. The second-order valence-electron chi connectivity index (χ2n) is 18.8. The number of hydrogen-bond acceptors (Lipinski definition) is 6. The van der Waals surface area contributed by atoms with Gasteiger partial charge in [0.2, 0.25) is 0 Å². The second kappa shape index (κ2) is 13.1. The molecule has 3 N–H and O–H groups in total. The molecule has 0 bridgehead atoms. The maximum atomic E-state index is 13.7. The van der Waals surface area contributed by atoms with Crippen LogP contribution in [0.2, 0.25) is 0 Å². The van der Waals surface area contributed by atoms with Gasteiger partial charge < -0.3 is 20.6 Å². The fourth-order valence-corrected chi connectivity index (χ4v) is 14.9. The van der Waals surface area contributed by atoms with Gasteiger partial charge in [-0.1, -0.05) is 52.8 Å². The van der Waals surface area contributed by atoms with Crippen LogP contribution in [0.5, 0.6) is 0 Å². The first-order chi connectivity index (χ1) is 24.7. The van der Waals surface area contributed by atoms with Crippen molar-refractivity contribution in [3.8, 4) is 0 Å². The molecule has 1 saturated heterocycles. The molecule has 0 radical (unpaired) electrons. The Balaban J connectivity index is 1.17. The molecule has 6 aliphatic rings. The van der Waals surface area contributed by atoms with Crippen molar-refractivity contribution in [3.63, 3.8) is 0 Å². The van der Waals surface area contributed by atoms with E-state index in [9.17, 15) is 36.3 Å². The highest BCUT2D eigenvalue weighted by molar-refractivity contribution is 7.91. The number of carbonyl (C=O) groups is 2. The zero-order chi connectivity index (χ0) is 38.4. The summed E-state index contributed by atoms with van der Waals surface area (Å²) < 4.78 is 65.2. The second-order valence-corrected chi connectivity index (χ2v) is 21.1. The Hall–Kier alpha value is -2.44. The Kier molecular flexibility index (Phi) is 9.57. The summed E-state index contributed by atoms with van der Waals surface area (Å²) in [4.78, 5) is 26.2. The predicted octanol–water partition coefficient (Wildman–Crippen LogP) is 6.96. The molecule has 1 aliphatic heterocycles. The van der Waals surface area contributed by atoms with E-state index < -0.39 is 33.9 Å². The molecule has 294 valence electrons. The summed E-state index contributed by atoms with van der Waals surface area (Å²) in [5.74, 6) is -1.65. The van der Waals surface area contributed by atoms with Crippen molar-refractivity contribution in [2.45, 2.75) is 110 Å². The van der Waals surface area contributed by atoms with E-state index >= 15 is 0 Å². The quantitative estimate of drug-likeness (QED) is 0.275. The number of carboxylic acid groups (broad SMARTS) is 1. The lowest BCUT2D eigenvalue weighted by Crippen LogP contribution is -2.69. The molecule has 5 aliphatic carbocycles. The SMILES string of the molecule is CC1(C)C(c2ccc(C(=O)O)cc2)=CCC2(C)C1CCC1(C)C2CCC2C3C(NC(=O)C(F)(F)F)CCC3(NCCN3CCS(=O)(=O)CC3)CCC21C. The maximum absolute atomic E-state index is 13.7. The number of nitrogens with one attached hydrogen (secondary N) is 2. The lowest BCUT2D eigenvalue weighted by atomic mass is 9.33. The predicted molar refractivity (Wildman–Crippen MR) is 199 cm³/mol. The van der Waals surface area contributed by atoms with Crippen molar-refractivity contribution in [2.75, 3.05) is 37.7 Å². The van der Waals surface area contributed by atoms with Crippen LogP contribution in [0.15, 0.2) is 30.3 Å². The van der Waals surface area contributed by atoms with E-state index in [0.29, 0.717) is 50.9 Å². The van der Waals surface area contributed by atoms with Crippen LogP contribution in [-0.2, 0) is 14.6 Å². The van der Waals surface area contributed by atoms with Gasteiger partial charge in [0.15, 0.2) is 9.84 Å². The topological polar surface area (TPSA) is 116 Å². The van der Waals surface area contributed by atoms with Gasteiger partial charge in [-0.25, -0.2) is 13.2 Å². The van der Waals surface area contributed by atoms with Gasteiger partial charge in [-0.15, -0.1) is 0 Å². The molecule has 1 heterocycles. The molecule has 9 atom stereocenters. The van der Waals surface area contributed by atoms with Crippen molar-refractivity contribution < 1.29 is 36.3 Å². The van der Waals surface area contributed by atoms with E-state index in [1.54, 1.807) is 12.1 Å². The van der Waals surface area contributed by atoms with Crippen molar-refractivity contribution in [3.05, 3.63) is 41.5 Å². The number of carbonyl (C=O) groups excluding carboxylic acids is 1. The minimum atomic E-state index is -4.94. The van der Waals surface area contributed by atoms with Crippen LogP contribution in [0.1, 0.15) is 108 Å². The average Bonchev–Trinajstić information content (AvgIpc) is 3.43. The number of halogens is 3. The number of sulfone groups is 1. The Morgan fingerprint density at radius 1 is 0.887 bits per heavy atom. The highest BCUT2D eigenvalue weighted by Crippen LogP contribution is 2.76. The molecule has 9 unspecified atom stereocenters. The van der Waals surface area contributed by atoms with E-state index in [0.717, 1.165) is 50.5 Å². The van der Waals surface area contributed by atoms with E-state index in [1.807, 2.05) is 12.1 Å². The molecular weight excluding hydrogens is 704 g/mol. The normalized spacial score (nSPS) is 40.5. The number of alkyl halides is 3. The maximum Gasteiger partial charge on any atom is 0.471 e. The Morgan fingerprint density at radius 2 is 1.57 bits per heavy atom. The summed E-state index contributed by atoms with van der Waals surface area (Å²) in [6, 6.07) is 6.68. The first-order valence-corrected chi connectivity index (χ1v) is 21.6. The molecule has 0 spiro atoms. The summed E-state index contributed by atoms with van der Waals surface area (Å²) in [5.41, 5.74) is 1.93. The third-order valence-corrected chi connectivity index (χ3v) is 18.0. The molecule has 0 aromatic heterocycles. The van der Waals surface area contributed by atoms with E-state index in [2.05, 4.69) is 56.2 Å². The van der Waals surface area contributed by atoms with Gasteiger partial charge in [-0.3, -0.25) is 4.79 Å². The van der Waals surface area contributed by atoms with Crippen molar-refractivity contribution in [2.24, 2.45) is 45.3 Å². The van der Waals surface area contributed by atoms with Gasteiger partial charge in [0.25, 0.3) is 0 Å². The first kappa shape index (κ1) is 38.8. The third-order valence-electron chi connectivity index (χ3n) is 16.4. The molecule has 1 amide bonds. The average molecular weight is 762 g/mol.